The van der Waals surface area contributed by atoms with Crippen LogP contribution < -0.4 is 11.1 Å². The third-order valence-electron chi connectivity index (χ3n) is 7.80. The van der Waals surface area contributed by atoms with Crippen LogP contribution in [0.3, 0.4) is 0 Å². The van der Waals surface area contributed by atoms with Crippen molar-refractivity contribution in [3.63, 3.8) is 0 Å². The molecular formula is C44H57N3O9. The molecule has 3 N–H and O–H groups in total. The fourth-order valence-electron chi connectivity index (χ4n) is 4.61. The van der Waals surface area contributed by atoms with Crippen LogP contribution in [0.5, 0.6) is 0 Å². The minimum atomic E-state index is -1.05. The van der Waals surface area contributed by atoms with Gasteiger partial charge in [0.05, 0.1) is 26.4 Å². The summed E-state index contributed by atoms with van der Waals surface area (Å²) in [6.45, 7) is 7.83. The number of ether oxygens (including phenoxy) is 5. The van der Waals surface area contributed by atoms with Crippen molar-refractivity contribution in [3.05, 3.63) is 144 Å². The molecule has 0 aliphatic heterocycles. The largest absolute Gasteiger partial charge is 0.460 e. The van der Waals surface area contributed by atoms with Crippen molar-refractivity contribution in [2.45, 2.75) is 85.3 Å². The van der Waals surface area contributed by atoms with Gasteiger partial charge in [0.2, 0.25) is 5.91 Å². The van der Waals surface area contributed by atoms with Gasteiger partial charge in [-0.2, -0.15) is 0 Å². The summed E-state index contributed by atoms with van der Waals surface area (Å²) in [7, 11) is 1.47. The second-order valence-corrected chi connectivity index (χ2v) is 13.6. The molecule has 0 saturated heterocycles. The summed E-state index contributed by atoms with van der Waals surface area (Å²) in [6, 6.07) is 35.2. The third-order valence-corrected chi connectivity index (χ3v) is 7.80. The average Bonchev–Trinajstić information content (AvgIpc) is 3.19. The maximum absolute atomic E-state index is 12.9. The van der Waals surface area contributed by atoms with Crippen LogP contribution in [-0.2, 0) is 64.5 Å². The van der Waals surface area contributed by atoms with Crippen molar-refractivity contribution >= 4 is 23.9 Å². The van der Waals surface area contributed by atoms with E-state index in [0.29, 0.717) is 6.61 Å². The average molecular weight is 772 g/mol. The van der Waals surface area contributed by atoms with Crippen molar-refractivity contribution in [1.29, 1.82) is 0 Å². The van der Waals surface area contributed by atoms with E-state index in [-0.39, 0.29) is 40.5 Å². The number of nitrogens with one attached hydrogen (secondary N) is 1. The Bertz CT molecular complexity index is 1720. The van der Waals surface area contributed by atoms with Gasteiger partial charge in [0.15, 0.2) is 6.04 Å². The molecular weight excluding hydrogens is 714 g/mol. The molecule has 0 saturated carbocycles. The van der Waals surface area contributed by atoms with Gasteiger partial charge in [0.1, 0.15) is 30.9 Å². The van der Waals surface area contributed by atoms with E-state index >= 15 is 0 Å². The first-order valence-corrected chi connectivity index (χ1v) is 18.0. The van der Waals surface area contributed by atoms with Crippen LogP contribution in [0.25, 0.3) is 0 Å². The highest BCUT2D eigenvalue weighted by Crippen LogP contribution is 2.12. The number of esters is 2. The highest BCUT2D eigenvalue weighted by molar-refractivity contribution is 5.89. The summed E-state index contributed by atoms with van der Waals surface area (Å²) in [4.78, 5) is 50.9. The van der Waals surface area contributed by atoms with Crippen molar-refractivity contribution in [2.24, 2.45) is 5.73 Å². The highest BCUT2D eigenvalue weighted by Gasteiger charge is 2.30. The predicted molar refractivity (Wildman–Crippen MR) is 215 cm³/mol. The zero-order chi connectivity index (χ0) is 40.1. The smallest absolute Gasteiger partial charge is 0.410 e. The number of nitrogens with zero attached hydrogens (tertiary/aromatic N) is 1. The van der Waals surface area contributed by atoms with Gasteiger partial charge in [-0.1, -0.05) is 129 Å². The van der Waals surface area contributed by atoms with Gasteiger partial charge in [-0.05, 0) is 49.9 Å². The number of likely N-dealkylation sites (N-methyl/N-ethyl adjacent to an activating group) is 1. The lowest BCUT2D eigenvalue weighted by atomic mass is 10.2. The third kappa shape index (κ3) is 18.2. The monoisotopic (exact) mass is 771 g/mol. The number of nitrogens with two attached hydrogens (primary N) is 1. The first-order chi connectivity index (χ1) is 26.3. The van der Waals surface area contributed by atoms with Gasteiger partial charge in [0, 0.05) is 7.05 Å². The minimum Gasteiger partial charge on any atom is -0.460 e. The highest BCUT2D eigenvalue weighted by atomic mass is 16.6. The molecule has 0 radical (unpaired) electrons. The molecule has 4 rings (SSSR count). The summed E-state index contributed by atoms with van der Waals surface area (Å²) in [5.74, 6) is -1.61. The Hall–Kier alpha value is -5.56. The molecule has 4 aromatic rings. The maximum atomic E-state index is 12.9. The zero-order valence-corrected chi connectivity index (χ0v) is 32.2. The van der Waals surface area contributed by atoms with Gasteiger partial charge in [-0.15, -0.1) is 0 Å². The molecule has 12 nitrogen and oxygen atoms in total. The van der Waals surface area contributed by atoms with Crippen LogP contribution in [-0.4, -0.2) is 72.8 Å². The van der Waals surface area contributed by atoms with E-state index in [0.717, 1.165) is 22.3 Å². The van der Waals surface area contributed by atoms with E-state index in [1.165, 1.54) is 11.9 Å². The van der Waals surface area contributed by atoms with E-state index in [2.05, 4.69) is 5.32 Å². The molecule has 3 atom stereocenters. The van der Waals surface area contributed by atoms with Crippen LogP contribution in [0.4, 0.5) is 4.79 Å². The molecule has 2 amide bonds. The van der Waals surface area contributed by atoms with Gasteiger partial charge >= 0.3 is 18.0 Å². The Kier molecular flexibility index (Phi) is 20.6. The summed E-state index contributed by atoms with van der Waals surface area (Å²) in [6.07, 6.45) is -0.640. The molecule has 0 spiro atoms. The molecule has 0 bridgehead atoms. The molecule has 0 unspecified atom stereocenters. The van der Waals surface area contributed by atoms with Crippen LogP contribution in [0.15, 0.2) is 121 Å². The van der Waals surface area contributed by atoms with E-state index in [4.69, 9.17) is 29.4 Å². The number of carbonyl (C=O) groups excluding carboxylic acids is 4. The number of carbonyl (C=O) groups is 4. The Balaban J connectivity index is 0.000000422. The summed E-state index contributed by atoms with van der Waals surface area (Å²) in [5, 5.41) is 2.65. The van der Waals surface area contributed by atoms with Gasteiger partial charge in [-0.25, -0.2) is 9.59 Å². The second-order valence-electron chi connectivity index (χ2n) is 13.6. The Morgan fingerprint density at radius 1 is 0.625 bits per heavy atom. The summed E-state index contributed by atoms with van der Waals surface area (Å²) < 4.78 is 27.0. The standard InChI is InChI=1S/C26H34N2O6.C17H19NO3.CH4/c1-19(28(5)25(31)34-26(2,3)4)23(29)27-22(18-32-16-20-12-8-6-9-13-20)24(30)33-17-21-14-10-7-11-15-21;18-16(13-20-11-14-7-3-1-4-8-14)17(19)21-12-15-9-5-2-6-10-15;/h6-15,19,22H,16-18H2,1-5H3,(H,27,29);1-10,16H,11-13,18H2;1H4/t19-,22-;16-;/m00./s1. The van der Waals surface area contributed by atoms with Gasteiger partial charge in [0.25, 0.3) is 0 Å². The quantitative estimate of drug-likeness (QED) is 0.0887. The Morgan fingerprint density at radius 2 is 1.00 bits per heavy atom. The lowest BCUT2D eigenvalue weighted by molar-refractivity contribution is -0.151. The molecule has 0 fully saturated rings. The summed E-state index contributed by atoms with van der Waals surface area (Å²) >= 11 is 0. The topological polar surface area (TPSA) is 156 Å². The van der Waals surface area contributed by atoms with E-state index < -0.39 is 47.7 Å². The number of rotatable bonds is 17. The molecule has 0 aromatic heterocycles. The lowest BCUT2D eigenvalue weighted by Crippen LogP contribution is -2.53. The molecule has 4 aromatic carbocycles. The Morgan fingerprint density at radius 3 is 1.41 bits per heavy atom. The molecule has 0 heterocycles. The normalized spacial score (nSPS) is 12.2. The number of benzene rings is 4. The fraction of sp³-hybridized carbons (Fsp3) is 0.364. The molecule has 12 heteroatoms. The van der Waals surface area contributed by atoms with Crippen LogP contribution >= 0.6 is 0 Å². The second kappa shape index (κ2) is 24.8. The van der Waals surface area contributed by atoms with Crippen molar-refractivity contribution in [1.82, 2.24) is 10.2 Å². The number of hydrogen-bond acceptors (Lipinski definition) is 10. The lowest BCUT2D eigenvalue weighted by Gasteiger charge is -2.29. The maximum Gasteiger partial charge on any atom is 0.410 e. The zero-order valence-electron chi connectivity index (χ0n) is 32.2. The predicted octanol–water partition coefficient (Wildman–Crippen LogP) is 6.60. The van der Waals surface area contributed by atoms with E-state index in [1.807, 2.05) is 121 Å². The molecule has 0 aliphatic carbocycles. The van der Waals surface area contributed by atoms with Gasteiger partial charge in [-0.3, -0.25) is 14.5 Å². The van der Waals surface area contributed by atoms with Crippen LogP contribution in [0.1, 0.15) is 57.4 Å². The minimum absolute atomic E-state index is 0. The van der Waals surface area contributed by atoms with Crippen molar-refractivity contribution in [2.75, 3.05) is 20.3 Å². The van der Waals surface area contributed by atoms with Crippen LogP contribution in [0.2, 0.25) is 0 Å². The number of amides is 2. The fourth-order valence-corrected chi connectivity index (χ4v) is 4.61. The van der Waals surface area contributed by atoms with E-state index in [1.54, 1.807) is 27.7 Å². The van der Waals surface area contributed by atoms with Crippen molar-refractivity contribution in [3.8, 4) is 0 Å². The summed E-state index contributed by atoms with van der Waals surface area (Å²) in [5.41, 5.74) is 8.78. The molecule has 56 heavy (non-hydrogen) atoms. The molecule has 0 aliphatic rings. The number of hydrogen-bond donors (Lipinski definition) is 2. The first kappa shape index (κ1) is 46.6. The Labute approximate surface area is 331 Å². The van der Waals surface area contributed by atoms with Crippen molar-refractivity contribution < 1.29 is 42.9 Å². The SMILES string of the molecule is C.C[C@@H](C(=O)N[C@@H](COCc1ccccc1)C(=O)OCc1ccccc1)N(C)C(=O)OC(C)(C)C.N[C@@H](COCc1ccccc1)C(=O)OCc1ccccc1. The van der Waals surface area contributed by atoms with Crippen LogP contribution in [0, 0.1) is 0 Å². The van der Waals surface area contributed by atoms with Gasteiger partial charge < -0.3 is 34.7 Å². The van der Waals surface area contributed by atoms with E-state index in [9.17, 15) is 19.2 Å². The first-order valence-electron chi connectivity index (χ1n) is 18.0. The molecule has 302 valence electrons.